The SMILES string of the molecule is Cc1c(C(=O)N2CCC3(CC2)C[C@H](NS(C)(=O)=O)[C@@](C)(O)CO3)oc2ccc(F)cc12. The fraction of sp³-hybridized carbons (Fsp3) is 0.571. The summed E-state index contributed by atoms with van der Waals surface area (Å²) in [6, 6.07) is 3.48. The first-order valence-corrected chi connectivity index (χ1v) is 12.1. The second-order valence-electron chi connectivity index (χ2n) is 8.96. The number of amides is 1. The summed E-state index contributed by atoms with van der Waals surface area (Å²) in [5, 5.41) is 11.1. The van der Waals surface area contributed by atoms with Crippen molar-refractivity contribution in [3.05, 3.63) is 35.3 Å². The van der Waals surface area contributed by atoms with Gasteiger partial charge in [-0.3, -0.25) is 4.79 Å². The number of hydrogen-bond acceptors (Lipinski definition) is 6. The summed E-state index contributed by atoms with van der Waals surface area (Å²) >= 11 is 0. The molecule has 0 bridgehead atoms. The Morgan fingerprint density at radius 1 is 1.32 bits per heavy atom. The number of fused-ring (bicyclic) bond motifs is 1. The van der Waals surface area contributed by atoms with Crippen molar-refractivity contribution in [2.24, 2.45) is 0 Å². The van der Waals surface area contributed by atoms with Crippen LogP contribution in [0, 0.1) is 12.7 Å². The third-order valence-corrected chi connectivity index (χ3v) is 7.12. The number of piperidine rings is 1. The summed E-state index contributed by atoms with van der Waals surface area (Å²) < 4.78 is 51.3. The average Bonchev–Trinajstić information content (AvgIpc) is 3.00. The van der Waals surface area contributed by atoms with Crippen molar-refractivity contribution in [2.45, 2.75) is 50.4 Å². The topological polar surface area (TPSA) is 109 Å². The Bertz CT molecular complexity index is 1120. The predicted molar refractivity (Wildman–Crippen MR) is 112 cm³/mol. The zero-order valence-electron chi connectivity index (χ0n) is 17.8. The number of nitrogens with zero attached hydrogens (tertiary/aromatic N) is 1. The number of ether oxygens (including phenoxy) is 1. The van der Waals surface area contributed by atoms with Crippen LogP contribution in [0.15, 0.2) is 22.6 Å². The average molecular weight is 455 g/mol. The van der Waals surface area contributed by atoms with Gasteiger partial charge < -0.3 is 19.2 Å². The second kappa shape index (κ2) is 7.54. The number of furan rings is 1. The Morgan fingerprint density at radius 2 is 2.00 bits per heavy atom. The molecule has 0 radical (unpaired) electrons. The Hall–Kier alpha value is -2.01. The zero-order valence-corrected chi connectivity index (χ0v) is 18.6. The smallest absolute Gasteiger partial charge is 0.289 e. The number of benzene rings is 1. The molecule has 1 aromatic heterocycles. The van der Waals surface area contributed by atoms with Crippen molar-refractivity contribution in [2.75, 3.05) is 26.0 Å². The molecule has 8 nitrogen and oxygen atoms in total. The molecule has 2 N–H and O–H groups in total. The Balaban J connectivity index is 1.48. The highest BCUT2D eigenvalue weighted by molar-refractivity contribution is 7.88. The number of rotatable bonds is 3. The third kappa shape index (κ3) is 4.34. The van der Waals surface area contributed by atoms with Crippen LogP contribution >= 0.6 is 0 Å². The lowest BCUT2D eigenvalue weighted by Crippen LogP contribution is -2.64. The van der Waals surface area contributed by atoms with Crippen LogP contribution in [-0.2, 0) is 14.8 Å². The lowest BCUT2D eigenvalue weighted by atomic mass is 9.78. The number of aryl methyl sites for hydroxylation is 1. The second-order valence-corrected chi connectivity index (χ2v) is 10.7. The van der Waals surface area contributed by atoms with Crippen molar-refractivity contribution in [3.8, 4) is 0 Å². The molecule has 31 heavy (non-hydrogen) atoms. The van der Waals surface area contributed by atoms with E-state index in [0.717, 1.165) is 6.26 Å². The summed E-state index contributed by atoms with van der Waals surface area (Å²) in [4.78, 5) is 14.7. The van der Waals surface area contributed by atoms with Crippen molar-refractivity contribution in [1.29, 1.82) is 0 Å². The van der Waals surface area contributed by atoms with Gasteiger partial charge in [0.1, 0.15) is 17.0 Å². The van der Waals surface area contributed by atoms with E-state index in [2.05, 4.69) is 4.72 Å². The van der Waals surface area contributed by atoms with Gasteiger partial charge in [-0.25, -0.2) is 17.5 Å². The molecular weight excluding hydrogens is 427 g/mol. The molecular formula is C21H27FN2O6S. The van der Waals surface area contributed by atoms with Crippen LogP contribution in [0.25, 0.3) is 11.0 Å². The molecule has 0 unspecified atom stereocenters. The number of hydrogen-bond donors (Lipinski definition) is 2. The number of likely N-dealkylation sites (tertiary alicyclic amines) is 1. The van der Waals surface area contributed by atoms with Gasteiger partial charge in [0.15, 0.2) is 5.76 Å². The maximum absolute atomic E-state index is 13.6. The molecule has 170 valence electrons. The minimum atomic E-state index is -3.50. The van der Waals surface area contributed by atoms with Gasteiger partial charge in [0, 0.05) is 24.0 Å². The summed E-state index contributed by atoms with van der Waals surface area (Å²) in [7, 11) is -3.50. The van der Waals surface area contributed by atoms with Crippen molar-refractivity contribution in [3.63, 3.8) is 0 Å². The van der Waals surface area contributed by atoms with Crippen molar-refractivity contribution >= 4 is 26.9 Å². The summed E-state index contributed by atoms with van der Waals surface area (Å²) in [6.07, 6.45) is 2.39. The fourth-order valence-electron chi connectivity index (χ4n) is 4.48. The van der Waals surface area contributed by atoms with Gasteiger partial charge in [-0.15, -0.1) is 0 Å². The minimum absolute atomic E-state index is 0.00236. The Morgan fingerprint density at radius 3 is 2.65 bits per heavy atom. The van der Waals surface area contributed by atoms with Crippen LogP contribution < -0.4 is 4.72 Å². The van der Waals surface area contributed by atoms with Gasteiger partial charge in [0.25, 0.3) is 5.91 Å². The first-order valence-electron chi connectivity index (χ1n) is 10.2. The number of sulfonamides is 1. The van der Waals surface area contributed by atoms with Crippen LogP contribution in [0.1, 0.15) is 42.3 Å². The van der Waals surface area contributed by atoms with Gasteiger partial charge in [-0.05, 0) is 51.3 Å². The quantitative estimate of drug-likeness (QED) is 0.734. The molecule has 2 aromatic rings. The highest BCUT2D eigenvalue weighted by atomic mass is 32.2. The van der Waals surface area contributed by atoms with E-state index < -0.39 is 33.1 Å². The van der Waals surface area contributed by atoms with E-state index in [1.807, 2.05) is 0 Å². The van der Waals surface area contributed by atoms with Crippen LogP contribution in [0.4, 0.5) is 4.39 Å². The van der Waals surface area contributed by atoms with Gasteiger partial charge >= 0.3 is 0 Å². The molecule has 4 rings (SSSR count). The van der Waals surface area contributed by atoms with E-state index >= 15 is 0 Å². The standard InChI is InChI=1S/C21H27FN2O6S/c1-13-15-10-14(22)4-5-16(15)30-18(13)19(25)24-8-6-21(7-9-24)11-17(23-31(3,27)28)20(2,26)12-29-21/h4-5,10,17,23,26H,6-9,11-12H2,1-3H3/t17-,20-/m0/s1. The molecule has 2 atom stereocenters. The summed E-state index contributed by atoms with van der Waals surface area (Å²) in [6.45, 7) is 4.09. The fourth-order valence-corrected chi connectivity index (χ4v) is 5.34. The number of carbonyl (C=O) groups excluding carboxylic acids is 1. The number of carbonyl (C=O) groups is 1. The largest absolute Gasteiger partial charge is 0.451 e. The van der Waals surface area contributed by atoms with Crippen LogP contribution in [0.5, 0.6) is 0 Å². The zero-order chi connectivity index (χ0) is 22.6. The summed E-state index contributed by atoms with van der Waals surface area (Å²) in [5.41, 5.74) is -0.875. The Labute approximate surface area is 180 Å². The molecule has 0 saturated carbocycles. The van der Waals surface area contributed by atoms with Gasteiger partial charge in [-0.1, -0.05) is 0 Å². The van der Waals surface area contributed by atoms with Crippen LogP contribution in [0.3, 0.4) is 0 Å². The first-order chi connectivity index (χ1) is 14.4. The third-order valence-electron chi connectivity index (χ3n) is 6.41. The van der Waals surface area contributed by atoms with Crippen LogP contribution in [-0.4, -0.2) is 67.5 Å². The molecule has 1 amide bonds. The number of aliphatic hydroxyl groups is 1. The molecule has 1 aromatic carbocycles. The van der Waals surface area contributed by atoms with E-state index in [4.69, 9.17) is 9.15 Å². The molecule has 10 heteroatoms. The molecule has 2 aliphatic rings. The monoisotopic (exact) mass is 454 g/mol. The molecule has 2 fully saturated rings. The maximum Gasteiger partial charge on any atom is 0.289 e. The predicted octanol–water partition coefficient (Wildman–Crippen LogP) is 1.94. The number of halogens is 1. The van der Waals surface area contributed by atoms with Gasteiger partial charge in [0.2, 0.25) is 10.0 Å². The first kappa shape index (κ1) is 22.2. The Kier molecular flexibility index (Phi) is 5.40. The van der Waals surface area contributed by atoms with Gasteiger partial charge in [0.05, 0.1) is 24.5 Å². The lowest BCUT2D eigenvalue weighted by Gasteiger charge is -2.50. The highest BCUT2D eigenvalue weighted by Crippen LogP contribution is 2.39. The molecule has 2 aliphatic heterocycles. The molecule has 1 spiro atoms. The van der Waals surface area contributed by atoms with E-state index in [-0.39, 0.29) is 18.3 Å². The van der Waals surface area contributed by atoms with Crippen molar-refractivity contribution in [1.82, 2.24) is 9.62 Å². The molecule has 3 heterocycles. The molecule has 0 aliphatic carbocycles. The summed E-state index contributed by atoms with van der Waals surface area (Å²) in [5.74, 6) is -0.462. The van der Waals surface area contributed by atoms with E-state index in [0.29, 0.717) is 48.9 Å². The van der Waals surface area contributed by atoms with Gasteiger partial charge in [-0.2, -0.15) is 0 Å². The minimum Gasteiger partial charge on any atom is -0.451 e. The highest BCUT2D eigenvalue weighted by Gasteiger charge is 2.49. The number of nitrogens with one attached hydrogen (secondary N) is 1. The molecule has 2 saturated heterocycles. The lowest BCUT2D eigenvalue weighted by molar-refractivity contribution is -0.187. The van der Waals surface area contributed by atoms with E-state index in [1.54, 1.807) is 18.7 Å². The van der Waals surface area contributed by atoms with Crippen LogP contribution in [0.2, 0.25) is 0 Å². The van der Waals surface area contributed by atoms with E-state index in [9.17, 15) is 22.7 Å². The normalized spacial score (nSPS) is 26.5. The van der Waals surface area contributed by atoms with E-state index in [1.165, 1.54) is 18.2 Å². The van der Waals surface area contributed by atoms with Crippen molar-refractivity contribution < 1.29 is 31.9 Å². The maximum atomic E-state index is 13.6.